The molecular weight excluding hydrogens is 190 g/mol. The zero-order valence-corrected chi connectivity index (χ0v) is 10.3. The summed E-state index contributed by atoms with van der Waals surface area (Å²) in [6, 6.07) is 0. The Morgan fingerprint density at radius 1 is 1.33 bits per heavy atom. The zero-order valence-electron chi connectivity index (χ0n) is 10.3. The third-order valence-corrected chi connectivity index (χ3v) is 2.59. The van der Waals surface area contributed by atoms with Crippen LogP contribution in [0.4, 0.5) is 0 Å². The summed E-state index contributed by atoms with van der Waals surface area (Å²) in [5, 5.41) is 2.96. The van der Waals surface area contributed by atoms with Gasteiger partial charge in [-0.15, -0.1) is 0 Å². The summed E-state index contributed by atoms with van der Waals surface area (Å²) in [7, 11) is 1.68. The van der Waals surface area contributed by atoms with Crippen molar-refractivity contribution in [1.82, 2.24) is 5.32 Å². The number of methoxy groups -OCH3 is 1. The van der Waals surface area contributed by atoms with Crippen molar-refractivity contribution < 1.29 is 9.53 Å². The summed E-state index contributed by atoms with van der Waals surface area (Å²) in [6.45, 7) is 5.68. The van der Waals surface area contributed by atoms with Crippen LogP contribution in [0.2, 0.25) is 0 Å². The normalized spacial score (nSPS) is 12.5. The molecule has 0 saturated heterocycles. The van der Waals surface area contributed by atoms with Gasteiger partial charge in [-0.2, -0.15) is 0 Å². The average molecular weight is 215 g/mol. The fraction of sp³-hybridized carbons (Fsp3) is 0.917. The molecule has 0 aromatic heterocycles. The SMILES string of the molecule is CCCCC(CC)C(=O)NCCCOC. The smallest absolute Gasteiger partial charge is 0.223 e. The molecule has 0 aliphatic carbocycles. The summed E-state index contributed by atoms with van der Waals surface area (Å²) >= 11 is 0. The van der Waals surface area contributed by atoms with Gasteiger partial charge in [0.2, 0.25) is 5.91 Å². The third-order valence-electron chi connectivity index (χ3n) is 2.59. The van der Waals surface area contributed by atoms with Gasteiger partial charge in [-0.3, -0.25) is 4.79 Å². The van der Waals surface area contributed by atoms with Crippen LogP contribution in [-0.2, 0) is 9.53 Å². The molecule has 0 aromatic carbocycles. The van der Waals surface area contributed by atoms with Crippen LogP contribution in [-0.4, -0.2) is 26.2 Å². The highest BCUT2D eigenvalue weighted by molar-refractivity contribution is 5.78. The van der Waals surface area contributed by atoms with Crippen LogP contribution in [0.3, 0.4) is 0 Å². The minimum absolute atomic E-state index is 0.201. The van der Waals surface area contributed by atoms with E-state index in [1.165, 1.54) is 0 Å². The molecule has 0 aliphatic rings. The van der Waals surface area contributed by atoms with Gasteiger partial charge >= 0.3 is 0 Å². The van der Waals surface area contributed by atoms with Gasteiger partial charge in [0.1, 0.15) is 0 Å². The van der Waals surface area contributed by atoms with Crippen LogP contribution in [0, 0.1) is 5.92 Å². The maximum atomic E-state index is 11.7. The Bertz CT molecular complexity index is 160. The van der Waals surface area contributed by atoms with Crippen LogP contribution >= 0.6 is 0 Å². The molecule has 0 fully saturated rings. The number of hydrogen-bond acceptors (Lipinski definition) is 2. The van der Waals surface area contributed by atoms with Gasteiger partial charge in [-0.25, -0.2) is 0 Å². The summed E-state index contributed by atoms with van der Waals surface area (Å²) in [4.78, 5) is 11.7. The van der Waals surface area contributed by atoms with Crippen molar-refractivity contribution in [3.63, 3.8) is 0 Å². The Morgan fingerprint density at radius 2 is 2.07 bits per heavy atom. The molecule has 1 atom stereocenters. The molecule has 0 spiro atoms. The minimum Gasteiger partial charge on any atom is -0.385 e. The van der Waals surface area contributed by atoms with Crippen LogP contribution in [0.1, 0.15) is 46.0 Å². The molecule has 1 amide bonds. The first kappa shape index (κ1) is 14.4. The molecule has 1 unspecified atom stereocenters. The Balaban J connectivity index is 3.63. The molecule has 0 heterocycles. The molecular formula is C12H25NO2. The van der Waals surface area contributed by atoms with E-state index in [-0.39, 0.29) is 11.8 Å². The molecule has 1 N–H and O–H groups in total. The van der Waals surface area contributed by atoms with Gasteiger partial charge in [0.15, 0.2) is 0 Å². The molecule has 0 aliphatic heterocycles. The van der Waals surface area contributed by atoms with Crippen molar-refractivity contribution in [2.24, 2.45) is 5.92 Å². The number of nitrogens with one attached hydrogen (secondary N) is 1. The van der Waals surface area contributed by atoms with Crippen LogP contribution in [0.15, 0.2) is 0 Å². The first-order valence-corrected chi connectivity index (χ1v) is 6.02. The van der Waals surface area contributed by atoms with Crippen molar-refractivity contribution in [2.45, 2.75) is 46.0 Å². The van der Waals surface area contributed by atoms with Crippen LogP contribution in [0.25, 0.3) is 0 Å². The van der Waals surface area contributed by atoms with Gasteiger partial charge in [-0.1, -0.05) is 26.7 Å². The van der Waals surface area contributed by atoms with E-state index >= 15 is 0 Å². The Morgan fingerprint density at radius 3 is 2.60 bits per heavy atom. The van der Waals surface area contributed by atoms with Gasteiger partial charge in [0.25, 0.3) is 0 Å². The molecule has 15 heavy (non-hydrogen) atoms. The lowest BCUT2D eigenvalue weighted by molar-refractivity contribution is -0.125. The number of carbonyl (C=O) groups excluding carboxylic acids is 1. The number of ether oxygens (including phenoxy) is 1. The second kappa shape index (κ2) is 9.97. The van der Waals surface area contributed by atoms with Crippen LogP contribution in [0.5, 0.6) is 0 Å². The molecule has 0 saturated carbocycles. The van der Waals surface area contributed by atoms with E-state index in [1.807, 2.05) is 0 Å². The van der Waals surface area contributed by atoms with Gasteiger partial charge in [0, 0.05) is 26.2 Å². The largest absolute Gasteiger partial charge is 0.385 e. The van der Waals surface area contributed by atoms with E-state index in [2.05, 4.69) is 19.2 Å². The van der Waals surface area contributed by atoms with E-state index in [4.69, 9.17) is 4.74 Å². The quantitative estimate of drug-likeness (QED) is 0.600. The van der Waals surface area contributed by atoms with Crippen molar-refractivity contribution in [3.8, 4) is 0 Å². The summed E-state index contributed by atoms with van der Waals surface area (Å²) in [5.41, 5.74) is 0. The summed E-state index contributed by atoms with van der Waals surface area (Å²) in [5.74, 6) is 0.412. The van der Waals surface area contributed by atoms with Crippen molar-refractivity contribution >= 4 is 5.91 Å². The minimum atomic E-state index is 0.201. The van der Waals surface area contributed by atoms with Crippen molar-refractivity contribution in [3.05, 3.63) is 0 Å². The standard InChI is InChI=1S/C12H25NO2/c1-4-6-8-11(5-2)12(14)13-9-7-10-15-3/h11H,4-10H2,1-3H3,(H,13,14). The van der Waals surface area contributed by atoms with Gasteiger partial charge in [0.05, 0.1) is 0 Å². The molecule has 90 valence electrons. The number of hydrogen-bond donors (Lipinski definition) is 1. The molecule has 0 bridgehead atoms. The average Bonchev–Trinajstić information content (AvgIpc) is 2.25. The first-order chi connectivity index (χ1) is 7.26. The van der Waals surface area contributed by atoms with Gasteiger partial charge in [-0.05, 0) is 19.3 Å². The second-order valence-electron chi connectivity index (χ2n) is 3.88. The Labute approximate surface area is 93.6 Å². The van der Waals surface area contributed by atoms with Gasteiger partial charge < -0.3 is 10.1 Å². The number of carbonyl (C=O) groups is 1. The summed E-state index contributed by atoms with van der Waals surface area (Å²) < 4.78 is 4.92. The predicted molar refractivity (Wildman–Crippen MR) is 62.8 cm³/mol. The Hall–Kier alpha value is -0.570. The molecule has 0 rings (SSSR count). The highest BCUT2D eigenvalue weighted by Crippen LogP contribution is 2.12. The first-order valence-electron chi connectivity index (χ1n) is 6.02. The fourth-order valence-corrected chi connectivity index (χ4v) is 1.54. The van der Waals surface area contributed by atoms with E-state index in [0.29, 0.717) is 6.61 Å². The number of unbranched alkanes of at least 4 members (excludes halogenated alkanes) is 1. The molecule has 0 radical (unpaired) electrons. The molecule has 0 aromatic rings. The highest BCUT2D eigenvalue weighted by atomic mass is 16.5. The maximum Gasteiger partial charge on any atom is 0.223 e. The lowest BCUT2D eigenvalue weighted by Crippen LogP contribution is -2.31. The van der Waals surface area contributed by atoms with E-state index < -0.39 is 0 Å². The Kier molecular flexibility index (Phi) is 9.59. The van der Waals surface area contributed by atoms with Crippen molar-refractivity contribution in [2.75, 3.05) is 20.3 Å². The van der Waals surface area contributed by atoms with Crippen molar-refractivity contribution in [1.29, 1.82) is 0 Å². The lowest BCUT2D eigenvalue weighted by atomic mass is 9.98. The molecule has 3 heteroatoms. The maximum absolute atomic E-state index is 11.7. The predicted octanol–water partition coefficient (Wildman–Crippen LogP) is 2.36. The second-order valence-corrected chi connectivity index (χ2v) is 3.88. The third kappa shape index (κ3) is 7.37. The topological polar surface area (TPSA) is 38.3 Å². The van der Waals surface area contributed by atoms with E-state index in [9.17, 15) is 4.79 Å². The number of rotatable bonds is 9. The van der Waals surface area contributed by atoms with E-state index in [0.717, 1.165) is 38.6 Å². The molecule has 3 nitrogen and oxygen atoms in total. The number of amides is 1. The highest BCUT2D eigenvalue weighted by Gasteiger charge is 2.14. The lowest BCUT2D eigenvalue weighted by Gasteiger charge is -2.14. The monoisotopic (exact) mass is 215 g/mol. The van der Waals surface area contributed by atoms with Crippen LogP contribution < -0.4 is 5.32 Å². The van der Waals surface area contributed by atoms with E-state index in [1.54, 1.807) is 7.11 Å². The fourth-order valence-electron chi connectivity index (χ4n) is 1.54. The summed E-state index contributed by atoms with van der Waals surface area (Å²) in [6.07, 6.45) is 5.16. The zero-order chi connectivity index (χ0) is 11.5.